The number of carbonyl (C=O) groups excluding carboxylic acids is 1. The van der Waals surface area contributed by atoms with Crippen molar-refractivity contribution in [2.75, 3.05) is 5.32 Å². The van der Waals surface area contributed by atoms with Crippen molar-refractivity contribution >= 4 is 17.5 Å². The molecule has 0 bridgehead atoms. The Morgan fingerprint density at radius 2 is 1.63 bits per heavy atom. The second kappa shape index (κ2) is 8.45. The highest BCUT2D eigenvalue weighted by Gasteiger charge is 2.21. The number of nitrogens with zero attached hydrogens (tertiary/aromatic N) is 3. The number of nitrogens with one attached hydrogen (secondary N) is 1. The van der Waals surface area contributed by atoms with E-state index in [-0.39, 0.29) is 11.9 Å². The normalized spacial score (nSPS) is 10.7. The molecule has 0 radical (unpaired) electrons. The van der Waals surface area contributed by atoms with Gasteiger partial charge in [-0.3, -0.25) is 4.79 Å². The summed E-state index contributed by atoms with van der Waals surface area (Å²) in [5.41, 5.74) is 3.11. The number of para-hydroxylation sites is 1. The van der Waals surface area contributed by atoms with Gasteiger partial charge in [-0.2, -0.15) is 0 Å². The first kappa shape index (κ1) is 18.6. The lowest BCUT2D eigenvalue weighted by Crippen LogP contribution is -2.37. The third-order valence-corrected chi connectivity index (χ3v) is 4.18. The molecule has 1 aromatic heterocycles. The van der Waals surface area contributed by atoms with Gasteiger partial charge in [0.15, 0.2) is 0 Å². The molecule has 0 atom stereocenters. The zero-order chi connectivity index (χ0) is 19.2. The zero-order valence-electron chi connectivity index (χ0n) is 15.9. The van der Waals surface area contributed by atoms with E-state index < -0.39 is 0 Å². The summed E-state index contributed by atoms with van der Waals surface area (Å²) in [6, 6.07) is 21.5. The van der Waals surface area contributed by atoms with Crippen molar-refractivity contribution in [1.82, 2.24) is 14.9 Å². The molecule has 0 aliphatic rings. The van der Waals surface area contributed by atoms with Crippen LogP contribution < -0.4 is 5.32 Å². The summed E-state index contributed by atoms with van der Waals surface area (Å²) in [7, 11) is 0. The Morgan fingerprint density at radius 1 is 1.00 bits per heavy atom. The first-order chi connectivity index (χ1) is 13.0. The maximum absolute atomic E-state index is 13.2. The van der Waals surface area contributed by atoms with Crippen LogP contribution in [0.1, 0.15) is 35.6 Å². The van der Waals surface area contributed by atoms with Crippen LogP contribution in [-0.4, -0.2) is 26.8 Å². The van der Waals surface area contributed by atoms with Crippen LogP contribution in [0.2, 0.25) is 0 Å². The molecule has 1 heterocycles. The van der Waals surface area contributed by atoms with Gasteiger partial charge in [-0.1, -0.05) is 48.5 Å². The van der Waals surface area contributed by atoms with Crippen LogP contribution in [0.25, 0.3) is 0 Å². The summed E-state index contributed by atoms with van der Waals surface area (Å²) in [5, 5.41) is 3.16. The van der Waals surface area contributed by atoms with Crippen molar-refractivity contribution in [2.24, 2.45) is 0 Å². The van der Waals surface area contributed by atoms with Gasteiger partial charge in [-0.15, -0.1) is 0 Å². The minimum absolute atomic E-state index is 0.0542. The molecule has 138 valence electrons. The lowest BCUT2D eigenvalue weighted by molar-refractivity contribution is 0.0684. The van der Waals surface area contributed by atoms with E-state index >= 15 is 0 Å². The lowest BCUT2D eigenvalue weighted by Gasteiger charge is -2.26. The number of benzene rings is 2. The minimum atomic E-state index is -0.101. The van der Waals surface area contributed by atoms with Crippen molar-refractivity contribution in [1.29, 1.82) is 0 Å². The molecule has 0 spiro atoms. The Labute approximate surface area is 160 Å². The van der Waals surface area contributed by atoms with Crippen LogP contribution in [0.5, 0.6) is 0 Å². The van der Waals surface area contributed by atoms with Gasteiger partial charge >= 0.3 is 0 Å². The Morgan fingerprint density at radius 3 is 2.26 bits per heavy atom. The molecule has 1 amide bonds. The molecule has 0 saturated carbocycles. The molecule has 0 fully saturated rings. The SMILES string of the molecule is Cc1cc(C(=O)N(Cc2ccccc2)C(C)C)nc(Nc2ccccc2)n1. The van der Waals surface area contributed by atoms with E-state index in [1.807, 2.05) is 86.3 Å². The Hall–Kier alpha value is -3.21. The summed E-state index contributed by atoms with van der Waals surface area (Å²) in [4.78, 5) is 23.8. The van der Waals surface area contributed by atoms with Crippen LogP contribution in [0, 0.1) is 6.92 Å². The van der Waals surface area contributed by atoms with E-state index in [2.05, 4.69) is 15.3 Å². The van der Waals surface area contributed by atoms with Gasteiger partial charge in [0.25, 0.3) is 5.91 Å². The summed E-state index contributed by atoms with van der Waals surface area (Å²) < 4.78 is 0. The van der Waals surface area contributed by atoms with E-state index in [0.717, 1.165) is 16.9 Å². The predicted octanol–water partition coefficient (Wildman–Crippen LogP) is 4.58. The van der Waals surface area contributed by atoms with Gasteiger partial charge in [0.2, 0.25) is 5.95 Å². The zero-order valence-corrected chi connectivity index (χ0v) is 15.9. The Bertz CT molecular complexity index is 895. The van der Waals surface area contributed by atoms with Crippen LogP contribution in [-0.2, 0) is 6.54 Å². The van der Waals surface area contributed by atoms with Crippen LogP contribution in [0.15, 0.2) is 66.7 Å². The molecule has 2 aromatic carbocycles. The molecule has 0 aliphatic carbocycles. The highest BCUT2D eigenvalue weighted by atomic mass is 16.2. The molecule has 0 unspecified atom stereocenters. The molecule has 27 heavy (non-hydrogen) atoms. The van der Waals surface area contributed by atoms with Crippen molar-refractivity contribution < 1.29 is 4.79 Å². The summed E-state index contributed by atoms with van der Waals surface area (Å²) in [6.07, 6.45) is 0. The van der Waals surface area contributed by atoms with E-state index in [1.165, 1.54) is 0 Å². The minimum Gasteiger partial charge on any atom is -0.331 e. The van der Waals surface area contributed by atoms with E-state index in [4.69, 9.17) is 0 Å². The molecule has 0 saturated heterocycles. The van der Waals surface area contributed by atoms with E-state index in [9.17, 15) is 4.79 Å². The van der Waals surface area contributed by atoms with E-state index in [1.54, 1.807) is 6.07 Å². The molecule has 5 heteroatoms. The number of aromatic nitrogens is 2. The maximum Gasteiger partial charge on any atom is 0.273 e. The highest BCUT2D eigenvalue weighted by molar-refractivity contribution is 5.93. The number of carbonyl (C=O) groups is 1. The number of hydrogen-bond donors (Lipinski definition) is 1. The smallest absolute Gasteiger partial charge is 0.273 e. The fraction of sp³-hybridized carbons (Fsp3) is 0.227. The maximum atomic E-state index is 13.2. The van der Waals surface area contributed by atoms with Crippen molar-refractivity contribution in [2.45, 2.75) is 33.4 Å². The standard InChI is InChI=1S/C22H24N4O/c1-16(2)26(15-18-10-6-4-7-11-18)21(27)20-14-17(3)23-22(25-20)24-19-12-8-5-9-13-19/h4-14,16H,15H2,1-3H3,(H,23,24,25). The molecule has 0 aliphatic heterocycles. The monoisotopic (exact) mass is 360 g/mol. The van der Waals surface area contributed by atoms with Crippen LogP contribution in [0.4, 0.5) is 11.6 Å². The van der Waals surface area contributed by atoms with Crippen LogP contribution >= 0.6 is 0 Å². The summed E-state index contributed by atoms with van der Waals surface area (Å²) >= 11 is 0. The van der Waals surface area contributed by atoms with Gasteiger partial charge in [0.1, 0.15) is 5.69 Å². The van der Waals surface area contributed by atoms with Crippen molar-refractivity contribution in [3.8, 4) is 0 Å². The van der Waals surface area contributed by atoms with Crippen molar-refractivity contribution in [3.05, 3.63) is 83.7 Å². The van der Waals surface area contributed by atoms with Crippen molar-refractivity contribution in [3.63, 3.8) is 0 Å². The van der Waals surface area contributed by atoms with Gasteiger partial charge in [0, 0.05) is 24.0 Å². The number of amides is 1. The summed E-state index contributed by atoms with van der Waals surface area (Å²) in [6.45, 7) is 6.43. The first-order valence-electron chi connectivity index (χ1n) is 9.05. The summed E-state index contributed by atoms with van der Waals surface area (Å²) in [5.74, 6) is 0.323. The largest absolute Gasteiger partial charge is 0.331 e. The first-order valence-corrected chi connectivity index (χ1v) is 9.05. The Kier molecular flexibility index (Phi) is 5.81. The number of rotatable bonds is 6. The topological polar surface area (TPSA) is 58.1 Å². The van der Waals surface area contributed by atoms with Gasteiger partial charge in [-0.05, 0) is 44.5 Å². The third-order valence-electron chi connectivity index (χ3n) is 4.18. The Balaban J connectivity index is 1.85. The fourth-order valence-electron chi connectivity index (χ4n) is 2.80. The average molecular weight is 360 g/mol. The second-order valence-electron chi connectivity index (χ2n) is 6.72. The van der Waals surface area contributed by atoms with Crippen LogP contribution in [0.3, 0.4) is 0 Å². The molecule has 3 rings (SSSR count). The third kappa shape index (κ3) is 4.91. The molecule has 5 nitrogen and oxygen atoms in total. The molecule has 3 aromatic rings. The quantitative estimate of drug-likeness (QED) is 0.699. The molecule has 1 N–H and O–H groups in total. The number of hydrogen-bond acceptors (Lipinski definition) is 4. The number of aryl methyl sites for hydroxylation is 1. The fourth-order valence-corrected chi connectivity index (χ4v) is 2.80. The predicted molar refractivity (Wildman–Crippen MR) is 108 cm³/mol. The average Bonchev–Trinajstić information content (AvgIpc) is 2.66. The van der Waals surface area contributed by atoms with Gasteiger partial charge in [0.05, 0.1) is 0 Å². The van der Waals surface area contributed by atoms with Gasteiger partial charge in [-0.25, -0.2) is 9.97 Å². The lowest BCUT2D eigenvalue weighted by atomic mass is 10.1. The molecular weight excluding hydrogens is 336 g/mol. The second-order valence-corrected chi connectivity index (χ2v) is 6.72. The highest BCUT2D eigenvalue weighted by Crippen LogP contribution is 2.16. The number of anilines is 2. The van der Waals surface area contributed by atoms with E-state index in [0.29, 0.717) is 18.2 Å². The molecular formula is C22H24N4O. The van der Waals surface area contributed by atoms with Gasteiger partial charge < -0.3 is 10.2 Å².